The van der Waals surface area contributed by atoms with Crippen molar-refractivity contribution in [2.24, 2.45) is 0 Å². The van der Waals surface area contributed by atoms with Gasteiger partial charge in [-0.05, 0) is 26.3 Å². The first-order chi connectivity index (χ1) is 4.34. The van der Waals surface area contributed by atoms with E-state index in [-0.39, 0.29) is 6.04 Å². The van der Waals surface area contributed by atoms with Gasteiger partial charge in [0, 0.05) is 6.04 Å². The second kappa shape index (κ2) is 3.18. The molecule has 0 aromatic carbocycles. The molecular weight excluding hydrogens is 114 g/mol. The summed E-state index contributed by atoms with van der Waals surface area (Å²) >= 11 is 0. The summed E-state index contributed by atoms with van der Waals surface area (Å²) in [4.78, 5) is 0. The number of rotatable bonds is 1. The van der Waals surface area contributed by atoms with Gasteiger partial charge in [-0.1, -0.05) is 6.42 Å². The van der Waals surface area contributed by atoms with Gasteiger partial charge in [-0.2, -0.15) is 0 Å². The van der Waals surface area contributed by atoms with Crippen LogP contribution >= 0.6 is 0 Å². The quantitative estimate of drug-likeness (QED) is 0.547. The van der Waals surface area contributed by atoms with Gasteiger partial charge in [0.25, 0.3) is 0 Å². The van der Waals surface area contributed by atoms with Crippen molar-refractivity contribution in [3.8, 4) is 0 Å². The number of nitrogens with one attached hydrogen (secondary N) is 1. The summed E-state index contributed by atoms with van der Waals surface area (Å²) in [5.74, 6) is 0. The average molecular weight is 127 g/mol. The van der Waals surface area contributed by atoms with E-state index in [9.17, 15) is 0 Å². The van der Waals surface area contributed by atoms with Gasteiger partial charge in [0.2, 0.25) is 0 Å². The number of hydrogen-bond donors (Lipinski definition) is 2. The molecule has 1 atom stereocenters. The molecule has 0 aromatic heterocycles. The molecule has 2 N–H and O–H groups in total. The molecule has 1 fully saturated rings. The third kappa shape index (κ3) is 1.66. The van der Waals surface area contributed by atoms with Crippen LogP contribution in [0.5, 0.6) is 0 Å². The maximum absolute atomic E-state index is 9.17. The molecule has 0 saturated heterocycles. The monoisotopic (exact) mass is 127 g/mol. The first-order valence-corrected chi connectivity index (χ1v) is 3.41. The van der Waals surface area contributed by atoms with Crippen molar-refractivity contribution in [2.45, 2.75) is 25.3 Å². The van der Waals surface area contributed by atoms with Gasteiger partial charge in [0.15, 0.2) is 0 Å². The Hall–Kier alpha value is -0.0800. The normalized spacial score (nSPS) is 30.7. The van der Waals surface area contributed by atoms with Crippen LogP contribution in [0.3, 0.4) is 0 Å². The minimum absolute atomic E-state index is 0.221. The Kier molecular flexibility index (Phi) is 2.49. The van der Waals surface area contributed by atoms with Crippen molar-refractivity contribution in [3.63, 3.8) is 0 Å². The van der Waals surface area contributed by atoms with Gasteiger partial charge < -0.3 is 10.4 Å². The van der Waals surface area contributed by atoms with E-state index in [2.05, 4.69) is 5.32 Å². The van der Waals surface area contributed by atoms with E-state index in [1.807, 2.05) is 13.5 Å². The van der Waals surface area contributed by atoms with E-state index >= 15 is 0 Å². The molecule has 9 heavy (non-hydrogen) atoms. The van der Waals surface area contributed by atoms with E-state index in [1.165, 1.54) is 6.42 Å². The Morgan fingerprint density at radius 2 is 2.56 bits per heavy atom. The predicted octanol–water partition coefficient (Wildman–Crippen LogP) is 0.867. The van der Waals surface area contributed by atoms with E-state index in [0.717, 1.165) is 12.8 Å². The number of hydrogen-bond acceptors (Lipinski definition) is 2. The highest BCUT2D eigenvalue weighted by atomic mass is 16.3. The highest BCUT2D eigenvalue weighted by Gasteiger charge is 2.21. The Morgan fingerprint density at radius 1 is 1.78 bits per heavy atom. The molecule has 2 nitrogen and oxygen atoms in total. The lowest BCUT2D eigenvalue weighted by molar-refractivity contribution is 0.237. The van der Waals surface area contributed by atoms with Crippen molar-refractivity contribution in [3.05, 3.63) is 12.5 Å². The highest BCUT2D eigenvalue weighted by molar-refractivity contribution is 5.05. The molecule has 0 amide bonds. The molecule has 2 radical (unpaired) electrons. The molecule has 1 aliphatic carbocycles. The molecule has 2 heteroatoms. The topological polar surface area (TPSA) is 32.3 Å². The van der Waals surface area contributed by atoms with Crippen LogP contribution in [-0.2, 0) is 0 Å². The van der Waals surface area contributed by atoms with Crippen molar-refractivity contribution in [1.29, 1.82) is 0 Å². The number of aliphatic hydroxyl groups excluding tert-OH is 1. The van der Waals surface area contributed by atoms with E-state index in [0.29, 0.717) is 6.10 Å². The van der Waals surface area contributed by atoms with Crippen LogP contribution in [0, 0.1) is 12.5 Å². The first-order valence-electron chi connectivity index (χ1n) is 3.41. The fourth-order valence-electron chi connectivity index (χ4n) is 1.15. The number of likely N-dealkylation sites (N-methyl/N-ethyl adjacent to an activating group) is 1. The molecule has 1 unspecified atom stereocenters. The molecule has 0 bridgehead atoms. The Bertz CT molecular complexity index is 85.0. The van der Waals surface area contributed by atoms with Crippen molar-refractivity contribution in [1.82, 2.24) is 5.32 Å². The maximum atomic E-state index is 9.17. The van der Waals surface area contributed by atoms with Gasteiger partial charge >= 0.3 is 0 Å². The van der Waals surface area contributed by atoms with Crippen LogP contribution in [0.4, 0.5) is 0 Å². The minimum atomic E-state index is 0.221. The van der Waals surface area contributed by atoms with Gasteiger partial charge in [-0.3, -0.25) is 0 Å². The first kappa shape index (κ1) is 7.03. The van der Waals surface area contributed by atoms with Gasteiger partial charge in [-0.15, -0.1) is 0 Å². The van der Waals surface area contributed by atoms with E-state index < -0.39 is 0 Å². The van der Waals surface area contributed by atoms with Gasteiger partial charge in [-0.25, -0.2) is 0 Å². The van der Waals surface area contributed by atoms with Crippen LogP contribution < -0.4 is 5.32 Å². The Balaban J connectivity index is 2.30. The summed E-state index contributed by atoms with van der Waals surface area (Å²) in [5, 5.41) is 12.2. The molecule has 1 rings (SSSR count). The molecule has 1 aliphatic rings. The van der Waals surface area contributed by atoms with Crippen LogP contribution in [0.1, 0.15) is 19.3 Å². The van der Waals surface area contributed by atoms with Gasteiger partial charge in [0.05, 0.1) is 0 Å². The van der Waals surface area contributed by atoms with Crippen LogP contribution in [-0.4, -0.2) is 18.2 Å². The average Bonchev–Trinajstić information content (AvgIpc) is 1.89. The van der Waals surface area contributed by atoms with Crippen molar-refractivity contribution < 1.29 is 5.11 Å². The van der Waals surface area contributed by atoms with Crippen LogP contribution in [0.2, 0.25) is 0 Å². The summed E-state index contributed by atoms with van der Waals surface area (Å²) in [5.41, 5.74) is 0. The summed E-state index contributed by atoms with van der Waals surface area (Å²) in [7, 11) is 1.88. The minimum Gasteiger partial charge on any atom is -0.385 e. The summed E-state index contributed by atoms with van der Waals surface area (Å²) in [6.45, 7) is 0. The number of aliphatic hydroxyl groups is 1. The second-order valence-electron chi connectivity index (χ2n) is 2.40. The predicted molar refractivity (Wildman–Crippen MR) is 36.2 cm³/mol. The van der Waals surface area contributed by atoms with Gasteiger partial charge in [0.1, 0.15) is 6.10 Å². The lowest BCUT2D eigenvalue weighted by Gasteiger charge is -2.25. The van der Waals surface area contributed by atoms with E-state index in [1.54, 1.807) is 0 Å². The molecule has 0 aliphatic heterocycles. The zero-order valence-corrected chi connectivity index (χ0v) is 5.72. The summed E-state index contributed by atoms with van der Waals surface area (Å²) < 4.78 is 0. The molecule has 0 heterocycles. The third-order valence-corrected chi connectivity index (χ3v) is 1.76. The molecule has 0 spiro atoms. The van der Waals surface area contributed by atoms with Crippen LogP contribution in [0.25, 0.3) is 0 Å². The summed E-state index contributed by atoms with van der Waals surface area (Å²) in [6, 6.07) is 0.221. The Labute approximate surface area is 56.3 Å². The SMILES string of the molecule is CNC1CCC[CH][C]1O. The molecule has 52 valence electrons. The standard InChI is InChI=1S/C7H13NO/c1-8-6-4-2-3-5-7(6)9/h5-6,8-9H,2-4H2,1H3. The zero-order chi connectivity index (χ0) is 6.69. The Morgan fingerprint density at radius 3 is 3.00 bits per heavy atom. The van der Waals surface area contributed by atoms with E-state index in [4.69, 9.17) is 5.11 Å². The third-order valence-electron chi connectivity index (χ3n) is 1.76. The molecule has 1 saturated carbocycles. The van der Waals surface area contributed by atoms with Crippen molar-refractivity contribution in [2.75, 3.05) is 7.05 Å². The van der Waals surface area contributed by atoms with Crippen molar-refractivity contribution >= 4 is 0 Å². The zero-order valence-electron chi connectivity index (χ0n) is 5.72. The largest absolute Gasteiger partial charge is 0.385 e. The molecule has 0 aromatic rings. The summed E-state index contributed by atoms with van der Waals surface area (Å²) in [6.07, 6.45) is 5.70. The lowest BCUT2D eigenvalue weighted by Crippen LogP contribution is -2.34. The maximum Gasteiger partial charge on any atom is 0.113 e. The fraction of sp³-hybridized carbons (Fsp3) is 0.714. The lowest BCUT2D eigenvalue weighted by atomic mass is 9.93. The van der Waals surface area contributed by atoms with Crippen LogP contribution in [0.15, 0.2) is 0 Å². The fourth-order valence-corrected chi connectivity index (χ4v) is 1.15. The second-order valence-corrected chi connectivity index (χ2v) is 2.40. The highest BCUT2D eigenvalue weighted by Crippen LogP contribution is 2.21. The molecular formula is C7H13NO. The smallest absolute Gasteiger partial charge is 0.113 e.